The van der Waals surface area contributed by atoms with E-state index in [4.69, 9.17) is 9.98 Å². The van der Waals surface area contributed by atoms with E-state index in [0.717, 1.165) is 19.3 Å². The molecule has 11 nitrogen and oxygen atoms in total. The Hall–Kier alpha value is -3.93. The van der Waals surface area contributed by atoms with E-state index in [1.807, 2.05) is 19.1 Å². The van der Waals surface area contributed by atoms with Crippen LogP contribution in [-0.2, 0) is 10.0 Å². The topological polar surface area (TPSA) is 158 Å². The molecule has 0 spiro atoms. The Kier molecular flexibility index (Phi) is 5.89. The van der Waals surface area contributed by atoms with Gasteiger partial charge in [0.25, 0.3) is 0 Å². The Bertz CT molecular complexity index is 1680. The zero-order valence-electron chi connectivity index (χ0n) is 19.0. The lowest BCUT2D eigenvalue weighted by atomic mass is 10.1. The number of H-pyrrole nitrogens is 2. The van der Waals surface area contributed by atoms with Gasteiger partial charge in [-0.3, -0.25) is 14.7 Å². The lowest BCUT2D eigenvalue weighted by Crippen LogP contribution is -2.19. The fourth-order valence-electron chi connectivity index (χ4n) is 3.65. The predicted molar refractivity (Wildman–Crippen MR) is 131 cm³/mol. The number of benzene rings is 1. The number of aromatic amines is 2. The lowest BCUT2D eigenvalue weighted by molar-refractivity contribution is 0.454. The number of unbranched alkanes of at least 4 members (excludes halogenated alkanes) is 1. The highest BCUT2D eigenvalue weighted by atomic mass is 32.2. The zero-order chi connectivity index (χ0) is 24.6. The average Bonchev–Trinajstić information content (AvgIpc) is 3.45. The molecule has 0 unspecified atom stereocenters. The van der Waals surface area contributed by atoms with Gasteiger partial charge in [-0.1, -0.05) is 25.5 Å². The second-order valence-electron chi connectivity index (χ2n) is 8.54. The average molecular weight is 496 g/mol. The highest BCUT2D eigenvalue weighted by molar-refractivity contribution is 7.92. The third-order valence-corrected chi connectivity index (χ3v) is 6.95. The summed E-state index contributed by atoms with van der Waals surface area (Å²) in [4.78, 5) is 25.9. The molecule has 4 N–H and O–H groups in total. The van der Waals surface area contributed by atoms with Crippen LogP contribution in [0.1, 0.15) is 38.3 Å². The maximum absolute atomic E-state index is 12.4. The molecular weight excluding hydrogens is 470 g/mol. The van der Waals surface area contributed by atoms with E-state index < -0.39 is 15.7 Å². The molecule has 3 aromatic heterocycles. The van der Waals surface area contributed by atoms with Gasteiger partial charge in [0.1, 0.15) is 5.69 Å². The summed E-state index contributed by atoms with van der Waals surface area (Å²) in [6.45, 7) is 1.94. The molecule has 3 heterocycles. The van der Waals surface area contributed by atoms with Crippen LogP contribution < -0.4 is 21.1 Å². The van der Waals surface area contributed by atoms with Crippen LogP contribution in [0.2, 0.25) is 0 Å². The maximum atomic E-state index is 12.4. The van der Waals surface area contributed by atoms with Crippen molar-refractivity contribution < 1.29 is 13.5 Å². The molecule has 5 rings (SSSR count). The van der Waals surface area contributed by atoms with E-state index in [1.54, 1.807) is 35.0 Å². The normalized spacial score (nSPS) is 15.2. The molecule has 1 aromatic carbocycles. The third-order valence-electron chi connectivity index (χ3n) is 5.58. The number of rotatable bonds is 8. The standard InChI is InChI=1S/C23H25N7O4S/c1-2-3-9-35(33,34)29-17-6-4-5-14(10-17)18-12-20(25-16-7-8-16)30-21(26-18)15(13-24-30)11-19-22(31)28-23(32)27-19/h4-6,10-13,16,29,31H,2-3,7-9H2,1H3,(H2,27,28,32)/b15-11-,25-20?. The van der Waals surface area contributed by atoms with Crippen molar-refractivity contribution in [3.8, 4) is 17.1 Å². The van der Waals surface area contributed by atoms with E-state index >= 15 is 0 Å². The number of anilines is 1. The number of fused-ring (bicyclic) bond motifs is 1. The first-order chi connectivity index (χ1) is 16.8. The Morgan fingerprint density at radius 1 is 1.29 bits per heavy atom. The number of hydrogen-bond acceptors (Lipinski definition) is 7. The molecule has 0 atom stereocenters. The fraction of sp³-hybridized carbons (Fsp3) is 0.304. The summed E-state index contributed by atoms with van der Waals surface area (Å²) < 4.78 is 29.0. The first kappa shape index (κ1) is 22.8. The maximum Gasteiger partial charge on any atom is 0.326 e. The van der Waals surface area contributed by atoms with Gasteiger partial charge < -0.3 is 10.1 Å². The molecule has 0 radical (unpaired) electrons. The monoisotopic (exact) mass is 495 g/mol. The first-order valence-electron chi connectivity index (χ1n) is 11.4. The minimum Gasteiger partial charge on any atom is -0.493 e. The number of hydrogen-bond donors (Lipinski definition) is 4. The smallest absolute Gasteiger partial charge is 0.326 e. The Labute approximate surface area is 200 Å². The molecule has 0 amide bonds. The van der Waals surface area contributed by atoms with Crippen LogP contribution in [0, 0.1) is 0 Å². The van der Waals surface area contributed by atoms with Crippen molar-refractivity contribution in [3.63, 3.8) is 0 Å². The summed E-state index contributed by atoms with van der Waals surface area (Å²) in [5.41, 5.74) is 2.54. The van der Waals surface area contributed by atoms with E-state index in [-0.39, 0.29) is 23.4 Å². The van der Waals surface area contributed by atoms with Crippen LogP contribution in [0.5, 0.6) is 5.88 Å². The van der Waals surface area contributed by atoms with Crippen molar-refractivity contribution >= 4 is 27.4 Å². The molecule has 35 heavy (non-hydrogen) atoms. The van der Waals surface area contributed by atoms with E-state index in [9.17, 15) is 18.3 Å². The summed E-state index contributed by atoms with van der Waals surface area (Å²) in [7, 11) is -3.44. The van der Waals surface area contributed by atoms with E-state index in [1.165, 1.54) is 0 Å². The van der Waals surface area contributed by atoms with Crippen LogP contribution in [0.15, 0.2) is 46.3 Å². The Morgan fingerprint density at radius 3 is 2.83 bits per heavy atom. The molecule has 0 aliphatic heterocycles. The second kappa shape index (κ2) is 9.02. The van der Waals surface area contributed by atoms with Crippen molar-refractivity contribution in [2.75, 3.05) is 10.5 Å². The van der Waals surface area contributed by atoms with E-state index in [2.05, 4.69) is 19.8 Å². The summed E-state index contributed by atoms with van der Waals surface area (Å²) in [6, 6.07) is 9.10. The molecule has 12 heteroatoms. The van der Waals surface area contributed by atoms with Crippen molar-refractivity contribution in [2.45, 2.75) is 38.6 Å². The summed E-state index contributed by atoms with van der Waals surface area (Å²) in [5, 5.41) is 14.9. The molecule has 1 aliphatic rings. The SMILES string of the molecule is CCCCS(=O)(=O)Nc1cccc(-c2cc(=NC3CC3)n3nc/c(=C/c4[nH]c(=O)[nH]c4O)c3n2)c1. The van der Waals surface area contributed by atoms with Gasteiger partial charge in [-0.15, -0.1) is 0 Å². The minimum atomic E-state index is -3.44. The minimum absolute atomic E-state index is 0.0610. The Balaban J connectivity index is 1.62. The van der Waals surface area contributed by atoms with Gasteiger partial charge in [0, 0.05) is 22.5 Å². The molecule has 0 saturated heterocycles. The van der Waals surface area contributed by atoms with Gasteiger partial charge in [0.2, 0.25) is 15.9 Å². The van der Waals surface area contributed by atoms with Gasteiger partial charge in [0.05, 0.1) is 23.7 Å². The number of aromatic hydroxyl groups is 1. The molecule has 0 bridgehead atoms. The van der Waals surface area contributed by atoms with Crippen molar-refractivity contribution in [2.24, 2.45) is 4.99 Å². The molecule has 1 fully saturated rings. The van der Waals surface area contributed by atoms with Crippen LogP contribution in [0.25, 0.3) is 23.0 Å². The summed E-state index contributed by atoms with van der Waals surface area (Å²) >= 11 is 0. The number of sulfonamides is 1. The highest BCUT2D eigenvalue weighted by Crippen LogP contribution is 2.24. The van der Waals surface area contributed by atoms with Gasteiger partial charge in [0.15, 0.2) is 11.1 Å². The quantitative estimate of drug-likeness (QED) is 0.288. The number of imidazole rings is 1. The molecular formula is C23H25N7O4S. The number of nitrogens with one attached hydrogen (secondary N) is 3. The Morgan fingerprint density at radius 2 is 2.11 bits per heavy atom. The lowest BCUT2D eigenvalue weighted by Gasteiger charge is -2.09. The van der Waals surface area contributed by atoms with Crippen LogP contribution in [0.3, 0.4) is 0 Å². The third kappa shape index (κ3) is 5.11. The summed E-state index contributed by atoms with van der Waals surface area (Å²) in [5.74, 6) is -0.220. The predicted octanol–water partition coefficient (Wildman–Crippen LogP) is 1.27. The van der Waals surface area contributed by atoms with Crippen molar-refractivity contribution in [1.29, 1.82) is 0 Å². The first-order valence-corrected chi connectivity index (χ1v) is 13.0. The number of aromatic nitrogens is 5. The van der Waals surface area contributed by atoms with Gasteiger partial charge in [-0.05, 0) is 37.5 Å². The van der Waals surface area contributed by atoms with Gasteiger partial charge in [-0.2, -0.15) is 9.61 Å². The number of nitrogens with zero attached hydrogens (tertiary/aromatic N) is 4. The van der Waals surface area contributed by atoms with Crippen LogP contribution >= 0.6 is 0 Å². The molecule has 182 valence electrons. The van der Waals surface area contributed by atoms with Gasteiger partial charge >= 0.3 is 5.69 Å². The van der Waals surface area contributed by atoms with Crippen LogP contribution in [0.4, 0.5) is 5.69 Å². The molecule has 4 aromatic rings. The summed E-state index contributed by atoms with van der Waals surface area (Å²) in [6.07, 6.45) is 6.55. The second-order valence-corrected chi connectivity index (χ2v) is 10.4. The molecule has 1 saturated carbocycles. The zero-order valence-corrected chi connectivity index (χ0v) is 19.8. The van der Waals surface area contributed by atoms with Crippen LogP contribution in [-0.4, -0.2) is 49.9 Å². The van der Waals surface area contributed by atoms with Gasteiger partial charge in [-0.25, -0.2) is 18.2 Å². The fourth-order valence-corrected chi connectivity index (χ4v) is 4.91. The molecule has 1 aliphatic carbocycles. The largest absolute Gasteiger partial charge is 0.493 e. The van der Waals surface area contributed by atoms with Crippen molar-refractivity contribution in [1.82, 2.24) is 24.6 Å². The van der Waals surface area contributed by atoms with Crippen molar-refractivity contribution in [3.05, 3.63) is 63.4 Å². The van der Waals surface area contributed by atoms with E-state index in [0.29, 0.717) is 39.7 Å². The highest BCUT2D eigenvalue weighted by Gasteiger charge is 2.20.